The van der Waals surface area contributed by atoms with Gasteiger partial charge in [0.25, 0.3) is 0 Å². The maximum Gasteiger partial charge on any atom is 0.470 e. The van der Waals surface area contributed by atoms with Crippen LogP contribution < -0.4 is 0 Å². The first kappa shape index (κ1) is 14.4. The lowest BCUT2D eigenvalue weighted by molar-refractivity contribution is -0.157. The summed E-state index contributed by atoms with van der Waals surface area (Å²) < 4.78 is 54.1. The lowest BCUT2D eigenvalue weighted by Crippen LogP contribution is -2.17. The number of alkyl halides is 3. The molecule has 0 aliphatic carbocycles. The van der Waals surface area contributed by atoms with Crippen LogP contribution in [0, 0.1) is 5.82 Å². The molecular formula is C12H11F4N3O. The topological polar surface area (TPSA) is 42.2 Å². The molecular weight excluding hydrogens is 278 g/mol. The van der Waals surface area contributed by atoms with Crippen LogP contribution in [0.2, 0.25) is 0 Å². The highest BCUT2D eigenvalue weighted by molar-refractivity contribution is 5.15. The lowest BCUT2D eigenvalue weighted by atomic mass is 10.2. The van der Waals surface area contributed by atoms with Gasteiger partial charge >= 0.3 is 12.1 Å². The van der Waals surface area contributed by atoms with Crippen molar-refractivity contribution in [2.45, 2.75) is 19.3 Å². The van der Waals surface area contributed by atoms with E-state index in [9.17, 15) is 17.6 Å². The van der Waals surface area contributed by atoms with Crippen LogP contribution >= 0.6 is 0 Å². The molecule has 108 valence electrons. The SMILES string of the molecule is CN(Cc1ccc(F)cc1)Cc1nnc(C(F)(F)F)o1. The Kier molecular flexibility index (Phi) is 4.03. The average Bonchev–Trinajstić information content (AvgIpc) is 2.80. The Morgan fingerprint density at radius 1 is 1.10 bits per heavy atom. The van der Waals surface area contributed by atoms with Crippen LogP contribution in [0.15, 0.2) is 28.7 Å². The molecule has 0 aliphatic rings. The number of aromatic nitrogens is 2. The highest BCUT2D eigenvalue weighted by Gasteiger charge is 2.38. The number of hydrogen-bond donors (Lipinski definition) is 0. The Bertz CT molecular complexity index is 565. The van der Waals surface area contributed by atoms with Crippen molar-refractivity contribution >= 4 is 0 Å². The van der Waals surface area contributed by atoms with E-state index in [-0.39, 0.29) is 18.3 Å². The van der Waals surface area contributed by atoms with E-state index < -0.39 is 12.1 Å². The minimum atomic E-state index is -4.64. The minimum absolute atomic E-state index is 0.0699. The lowest BCUT2D eigenvalue weighted by Gasteiger charge is -2.14. The predicted octanol–water partition coefficient (Wildman–Crippen LogP) is 2.86. The van der Waals surface area contributed by atoms with Crippen LogP contribution in [0.1, 0.15) is 17.3 Å². The second-order valence-electron chi connectivity index (χ2n) is 4.30. The zero-order valence-electron chi connectivity index (χ0n) is 10.5. The second-order valence-corrected chi connectivity index (χ2v) is 4.30. The molecule has 0 spiro atoms. The van der Waals surface area contributed by atoms with Gasteiger partial charge in [-0.25, -0.2) is 4.39 Å². The summed E-state index contributed by atoms with van der Waals surface area (Å²) in [6.07, 6.45) is -4.64. The quantitative estimate of drug-likeness (QED) is 0.812. The summed E-state index contributed by atoms with van der Waals surface area (Å²) in [4.78, 5) is 1.68. The normalized spacial score (nSPS) is 12.1. The molecule has 0 amide bonds. The third-order valence-corrected chi connectivity index (χ3v) is 2.48. The third kappa shape index (κ3) is 3.77. The summed E-state index contributed by atoms with van der Waals surface area (Å²) in [5.41, 5.74) is 0.824. The van der Waals surface area contributed by atoms with Gasteiger partial charge in [-0.3, -0.25) is 4.90 Å². The fourth-order valence-electron chi connectivity index (χ4n) is 1.62. The second kappa shape index (κ2) is 5.58. The number of halogens is 4. The molecule has 4 nitrogen and oxygen atoms in total. The minimum Gasteiger partial charge on any atom is -0.416 e. The van der Waals surface area contributed by atoms with Crippen LogP contribution in [0.4, 0.5) is 17.6 Å². The van der Waals surface area contributed by atoms with Crippen molar-refractivity contribution in [1.29, 1.82) is 0 Å². The van der Waals surface area contributed by atoms with Crippen molar-refractivity contribution in [2.75, 3.05) is 7.05 Å². The van der Waals surface area contributed by atoms with Gasteiger partial charge in [-0.15, -0.1) is 10.2 Å². The van der Waals surface area contributed by atoms with Gasteiger partial charge in [0.1, 0.15) is 5.82 Å². The summed E-state index contributed by atoms with van der Waals surface area (Å²) in [7, 11) is 1.68. The molecule has 0 saturated heterocycles. The van der Waals surface area contributed by atoms with E-state index in [4.69, 9.17) is 0 Å². The summed E-state index contributed by atoms with van der Waals surface area (Å²) in [5, 5.41) is 6.28. The van der Waals surface area contributed by atoms with Gasteiger partial charge < -0.3 is 4.42 Å². The number of hydrogen-bond acceptors (Lipinski definition) is 4. The molecule has 1 aromatic heterocycles. The Hall–Kier alpha value is -1.96. The van der Waals surface area contributed by atoms with Gasteiger partial charge in [0.15, 0.2) is 0 Å². The number of nitrogens with zero attached hydrogens (tertiary/aromatic N) is 3. The molecule has 1 aromatic carbocycles. The summed E-state index contributed by atoms with van der Waals surface area (Å²) in [6.45, 7) is 0.491. The molecule has 0 atom stereocenters. The summed E-state index contributed by atoms with van der Waals surface area (Å²) in [5.74, 6) is -1.83. The molecule has 0 radical (unpaired) electrons. The van der Waals surface area contributed by atoms with Crippen molar-refractivity contribution in [2.24, 2.45) is 0 Å². The van der Waals surface area contributed by atoms with Gasteiger partial charge in [-0.05, 0) is 24.7 Å². The molecule has 0 fully saturated rings. The van der Waals surface area contributed by atoms with E-state index in [0.717, 1.165) is 5.56 Å². The van der Waals surface area contributed by atoms with Gasteiger partial charge in [-0.2, -0.15) is 13.2 Å². The van der Waals surface area contributed by atoms with Crippen LogP contribution in [-0.2, 0) is 19.3 Å². The van der Waals surface area contributed by atoms with E-state index in [2.05, 4.69) is 14.6 Å². The van der Waals surface area contributed by atoms with Crippen molar-refractivity contribution < 1.29 is 22.0 Å². The van der Waals surface area contributed by atoms with Crippen LogP contribution in [0.5, 0.6) is 0 Å². The summed E-state index contributed by atoms with van der Waals surface area (Å²) in [6, 6.07) is 5.83. The Morgan fingerprint density at radius 2 is 1.75 bits per heavy atom. The Labute approximate surface area is 112 Å². The van der Waals surface area contributed by atoms with Crippen LogP contribution in [-0.4, -0.2) is 22.1 Å². The molecule has 0 N–H and O–H groups in total. The molecule has 0 aliphatic heterocycles. The van der Waals surface area contributed by atoms with E-state index in [1.54, 1.807) is 24.1 Å². The molecule has 0 unspecified atom stereocenters. The van der Waals surface area contributed by atoms with E-state index in [1.165, 1.54) is 12.1 Å². The molecule has 1 heterocycles. The first-order valence-corrected chi connectivity index (χ1v) is 5.67. The zero-order chi connectivity index (χ0) is 14.8. The fourth-order valence-corrected chi connectivity index (χ4v) is 1.62. The van der Waals surface area contributed by atoms with Gasteiger partial charge in [0.2, 0.25) is 5.89 Å². The van der Waals surface area contributed by atoms with Crippen molar-refractivity contribution in [3.8, 4) is 0 Å². The van der Waals surface area contributed by atoms with E-state index in [1.807, 2.05) is 0 Å². The highest BCUT2D eigenvalue weighted by atomic mass is 19.4. The predicted molar refractivity (Wildman–Crippen MR) is 60.9 cm³/mol. The van der Waals surface area contributed by atoms with Crippen molar-refractivity contribution in [3.63, 3.8) is 0 Å². The monoisotopic (exact) mass is 289 g/mol. The van der Waals surface area contributed by atoms with Crippen molar-refractivity contribution in [3.05, 3.63) is 47.4 Å². The van der Waals surface area contributed by atoms with Crippen molar-refractivity contribution in [1.82, 2.24) is 15.1 Å². The average molecular weight is 289 g/mol. The fraction of sp³-hybridized carbons (Fsp3) is 0.333. The maximum absolute atomic E-state index is 12.7. The van der Waals surface area contributed by atoms with Gasteiger partial charge in [-0.1, -0.05) is 12.1 Å². The van der Waals surface area contributed by atoms with Crippen LogP contribution in [0.3, 0.4) is 0 Å². The van der Waals surface area contributed by atoms with Gasteiger partial charge in [0.05, 0.1) is 6.54 Å². The molecule has 20 heavy (non-hydrogen) atoms. The first-order chi connectivity index (χ1) is 9.34. The molecule has 2 aromatic rings. The maximum atomic E-state index is 12.7. The molecule has 0 saturated carbocycles. The number of benzene rings is 1. The molecule has 8 heteroatoms. The third-order valence-electron chi connectivity index (χ3n) is 2.48. The van der Waals surface area contributed by atoms with Crippen LogP contribution in [0.25, 0.3) is 0 Å². The molecule has 0 bridgehead atoms. The largest absolute Gasteiger partial charge is 0.470 e. The Balaban J connectivity index is 1.96. The standard InChI is InChI=1S/C12H11F4N3O/c1-19(6-8-2-4-9(13)5-3-8)7-10-17-18-11(20-10)12(14,15)16/h2-5H,6-7H2,1H3. The number of rotatable bonds is 4. The van der Waals surface area contributed by atoms with Gasteiger partial charge in [0, 0.05) is 6.54 Å². The summed E-state index contributed by atoms with van der Waals surface area (Å²) >= 11 is 0. The van der Waals surface area contributed by atoms with E-state index in [0.29, 0.717) is 6.54 Å². The first-order valence-electron chi connectivity index (χ1n) is 5.67. The highest BCUT2D eigenvalue weighted by Crippen LogP contribution is 2.27. The molecule has 2 rings (SSSR count). The van der Waals surface area contributed by atoms with E-state index >= 15 is 0 Å². The zero-order valence-corrected chi connectivity index (χ0v) is 10.5. The Morgan fingerprint density at radius 3 is 2.30 bits per heavy atom. The smallest absolute Gasteiger partial charge is 0.416 e.